The summed E-state index contributed by atoms with van der Waals surface area (Å²) in [5, 5.41) is 12.6. The van der Waals surface area contributed by atoms with Gasteiger partial charge in [0.2, 0.25) is 0 Å². The zero-order chi connectivity index (χ0) is 17.0. The first-order valence-electron chi connectivity index (χ1n) is 7.83. The Morgan fingerprint density at radius 1 is 1.22 bits per heavy atom. The van der Waals surface area contributed by atoms with Gasteiger partial charge in [0.1, 0.15) is 11.4 Å². The van der Waals surface area contributed by atoms with Crippen molar-refractivity contribution in [2.45, 2.75) is 45.3 Å². The summed E-state index contributed by atoms with van der Waals surface area (Å²) in [6.45, 7) is 6.53. The molecule has 1 aromatic rings. The zero-order valence-corrected chi connectivity index (χ0v) is 13.8. The number of hydrogen-bond donors (Lipinski definition) is 2. The molecule has 1 saturated heterocycles. The lowest BCUT2D eigenvalue weighted by Crippen LogP contribution is -2.47. The normalized spacial score (nSPS) is 16.0. The molecule has 0 atom stereocenters. The van der Waals surface area contributed by atoms with Gasteiger partial charge in [0.25, 0.3) is 5.91 Å². The Balaban J connectivity index is 1.85. The predicted octanol–water partition coefficient (Wildman–Crippen LogP) is 2.52. The van der Waals surface area contributed by atoms with E-state index >= 15 is 0 Å². The molecule has 0 spiro atoms. The fourth-order valence-corrected chi connectivity index (χ4v) is 2.53. The number of alkyl carbamates (subject to hydrolysis) is 1. The third-order valence-corrected chi connectivity index (χ3v) is 3.64. The highest BCUT2D eigenvalue weighted by atomic mass is 16.6. The molecular weight excluding hydrogens is 296 g/mol. The molecule has 0 bridgehead atoms. The Morgan fingerprint density at radius 3 is 2.39 bits per heavy atom. The van der Waals surface area contributed by atoms with E-state index in [1.165, 1.54) is 6.07 Å². The summed E-state index contributed by atoms with van der Waals surface area (Å²) in [5.74, 6) is -0.190. The van der Waals surface area contributed by atoms with Crippen molar-refractivity contribution in [2.24, 2.45) is 0 Å². The standard InChI is InChI=1S/C17H24N2O4/c1-17(2,3)23-16(22)18-12-8-10-19(11-9-12)15(21)13-6-4-5-7-14(13)20/h4-7,12,20H,8-11H2,1-3H3,(H,18,22). The van der Waals surface area contributed by atoms with Crippen molar-refractivity contribution in [1.29, 1.82) is 0 Å². The number of para-hydroxylation sites is 1. The van der Waals surface area contributed by atoms with Gasteiger partial charge in [0.05, 0.1) is 5.56 Å². The summed E-state index contributed by atoms with van der Waals surface area (Å²) in [7, 11) is 0. The van der Waals surface area contributed by atoms with Crippen molar-refractivity contribution in [3.8, 4) is 5.75 Å². The second kappa shape index (κ2) is 6.89. The molecule has 126 valence electrons. The summed E-state index contributed by atoms with van der Waals surface area (Å²) in [4.78, 5) is 25.8. The monoisotopic (exact) mass is 320 g/mol. The molecule has 0 aliphatic carbocycles. The van der Waals surface area contributed by atoms with Crippen molar-refractivity contribution in [3.05, 3.63) is 29.8 Å². The first kappa shape index (κ1) is 17.1. The van der Waals surface area contributed by atoms with Gasteiger partial charge in [-0.3, -0.25) is 4.79 Å². The predicted molar refractivity (Wildman–Crippen MR) is 86.4 cm³/mol. The van der Waals surface area contributed by atoms with Crippen LogP contribution in [0.3, 0.4) is 0 Å². The van der Waals surface area contributed by atoms with E-state index in [1.807, 2.05) is 20.8 Å². The largest absolute Gasteiger partial charge is 0.507 e. The van der Waals surface area contributed by atoms with Gasteiger partial charge in [-0.2, -0.15) is 0 Å². The van der Waals surface area contributed by atoms with Crippen LogP contribution in [-0.4, -0.2) is 46.7 Å². The second-order valence-electron chi connectivity index (χ2n) is 6.73. The SMILES string of the molecule is CC(C)(C)OC(=O)NC1CCN(C(=O)c2ccccc2O)CC1. The van der Waals surface area contributed by atoms with Crippen LogP contribution in [0.15, 0.2) is 24.3 Å². The minimum Gasteiger partial charge on any atom is -0.507 e. The van der Waals surface area contributed by atoms with Crippen LogP contribution in [0.2, 0.25) is 0 Å². The van der Waals surface area contributed by atoms with E-state index in [9.17, 15) is 14.7 Å². The summed E-state index contributed by atoms with van der Waals surface area (Å²) in [6, 6.07) is 6.53. The van der Waals surface area contributed by atoms with Crippen LogP contribution in [0.4, 0.5) is 4.79 Å². The van der Waals surface area contributed by atoms with Crippen molar-refractivity contribution in [2.75, 3.05) is 13.1 Å². The van der Waals surface area contributed by atoms with Crippen LogP contribution >= 0.6 is 0 Å². The quantitative estimate of drug-likeness (QED) is 0.877. The molecule has 0 aromatic heterocycles. The van der Waals surface area contributed by atoms with Crippen LogP contribution in [0.5, 0.6) is 5.75 Å². The van der Waals surface area contributed by atoms with Crippen LogP contribution in [-0.2, 0) is 4.74 Å². The van der Waals surface area contributed by atoms with Gasteiger partial charge in [-0.25, -0.2) is 4.79 Å². The van der Waals surface area contributed by atoms with Crippen molar-refractivity contribution in [3.63, 3.8) is 0 Å². The molecule has 1 aromatic carbocycles. The number of nitrogens with zero attached hydrogens (tertiary/aromatic N) is 1. The number of carbonyl (C=O) groups is 2. The average molecular weight is 320 g/mol. The molecule has 23 heavy (non-hydrogen) atoms. The number of phenolic OH excluding ortho intramolecular Hbond substituents is 1. The minimum atomic E-state index is -0.522. The van der Waals surface area contributed by atoms with E-state index in [0.29, 0.717) is 31.5 Å². The molecule has 2 amide bonds. The van der Waals surface area contributed by atoms with Gasteiger partial charge in [-0.1, -0.05) is 12.1 Å². The molecule has 1 aliphatic rings. The lowest BCUT2D eigenvalue weighted by atomic mass is 10.0. The number of aromatic hydroxyl groups is 1. The Labute approximate surface area is 136 Å². The number of hydrogen-bond acceptors (Lipinski definition) is 4. The maximum absolute atomic E-state index is 12.4. The van der Waals surface area contributed by atoms with Crippen molar-refractivity contribution in [1.82, 2.24) is 10.2 Å². The molecule has 1 heterocycles. The first-order chi connectivity index (χ1) is 10.8. The van der Waals surface area contributed by atoms with Crippen LogP contribution in [0.1, 0.15) is 44.0 Å². The Hall–Kier alpha value is -2.24. The van der Waals surface area contributed by atoms with Gasteiger partial charge in [-0.15, -0.1) is 0 Å². The summed E-state index contributed by atoms with van der Waals surface area (Å²) < 4.78 is 5.24. The van der Waals surface area contributed by atoms with E-state index in [-0.39, 0.29) is 17.7 Å². The number of carbonyl (C=O) groups excluding carboxylic acids is 2. The third kappa shape index (κ3) is 4.87. The molecule has 0 radical (unpaired) electrons. The van der Waals surface area contributed by atoms with Gasteiger partial charge in [0.15, 0.2) is 0 Å². The van der Waals surface area contributed by atoms with Crippen molar-refractivity contribution < 1.29 is 19.4 Å². The number of phenols is 1. The Morgan fingerprint density at radius 2 is 1.83 bits per heavy atom. The Bertz CT molecular complexity index is 572. The average Bonchev–Trinajstić information content (AvgIpc) is 2.46. The van der Waals surface area contributed by atoms with Gasteiger partial charge in [-0.05, 0) is 45.7 Å². The Kier molecular flexibility index (Phi) is 5.13. The number of rotatable bonds is 2. The minimum absolute atomic E-state index is 0.00160. The van der Waals surface area contributed by atoms with Crippen LogP contribution < -0.4 is 5.32 Å². The third-order valence-electron chi connectivity index (χ3n) is 3.64. The summed E-state index contributed by atoms with van der Waals surface area (Å²) in [6.07, 6.45) is 0.903. The number of likely N-dealkylation sites (tertiary alicyclic amines) is 1. The smallest absolute Gasteiger partial charge is 0.407 e. The van der Waals surface area contributed by atoms with Crippen LogP contribution in [0.25, 0.3) is 0 Å². The molecule has 1 aliphatic heterocycles. The number of amides is 2. The molecule has 2 rings (SSSR count). The highest BCUT2D eigenvalue weighted by Crippen LogP contribution is 2.20. The van der Waals surface area contributed by atoms with E-state index in [0.717, 1.165) is 0 Å². The van der Waals surface area contributed by atoms with E-state index < -0.39 is 11.7 Å². The first-order valence-corrected chi connectivity index (χ1v) is 7.83. The topological polar surface area (TPSA) is 78.9 Å². The molecular formula is C17H24N2O4. The molecule has 6 heteroatoms. The van der Waals surface area contributed by atoms with Gasteiger partial charge < -0.3 is 20.1 Å². The molecule has 1 fully saturated rings. The summed E-state index contributed by atoms with van der Waals surface area (Å²) in [5.41, 5.74) is -0.211. The molecule has 0 unspecified atom stereocenters. The fourth-order valence-electron chi connectivity index (χ4n) is 2.53. The van der Waals surface area contributed by atoms with Crippen LogP contribution in [0, 0.1) is 0 Å². The highest BCUT2D eigenvalue weighted by molar-refractivity contribution is 5.96. The number of nitrogens with one attached hydrogen (secondary N) is 1. The van der Waals surface area contributed by atoms with E-state index in [4.69, 9.17) is 4.74 Å². The fraction of sp³-hybridized carbons (Fsp3) is 0.529. The maximum Gasteiger partial charge on any atom is 0.407 e. The van der Waals surface area contributed by atoms with Gasteiger partial charge >= 0.3 is 6.09 Å². The van der Waals surface area contributed by atoms with Gasteiger partial charge in [0, 0.05) is 19.1 Å². The molecule has 0 saturated carbocycles. The zero-order valence-electron chi connectivity index (χ0n) is 13.8. The number of piperidine rings is 1. The summed E-state index contributed by atoms with van der Waals surface area (Å²) >= 11 is 0. The van der Waals surface area contributed by atoms with E-state index in [1.54, 1.807) is 23.1 Å². The molecule has 2 N–H and O–H groups in total. The van der Waals surface area contributed by atoms with E-state index in [2.05, 4.69) is 5.32 Å². The lowest BCUT2D eigenvalue weighted by Gasteiger charge is -2.33. The maximum atomic E-state index is 12.4. The second-order valence-corrected chi connectivity index (χ2v) is 6.73. The molecule has 6 nitrogen and oxygen atoms in total. The highest BCUT2D eigenvalue weighted by Gasteiger charge is 2.27. The number of ether oxygens (including phenoxy) is 1. The van der Waals surface area contributed by atoms with Crippen molar-refractivity contribution >= 4 is 12.0 Å². The lowest BCUT2D eigenvalue weighted by molar-refractivity contribution is 0.0473. The number of benzene rings is 1.